The lowest BCUT2D eigenvalue weighted by Crippen LogP contribution is -2.40. The van der Waals surface area contributed by atoms with Gasteiger partial charge in [0.1, 0.15) is 11.6 Å². The van der Waals surface area contributed by atoms with Gasteiger partial charge in [-0.1, -0.05) is 5.16 Å². The zero-order valence-corrected chi connectivity index (χ0v) is 19.2. The fourth-order valence-electron chi connectivity index (χ4n) is 3.59. The molecule has 2 N–H and O–H groups in total. The minimum atomic E-state index is -0.828. The molecule has 2 amide bonds. The van der Waals surface area contributed by atoms with Gasteiger partial charge in [-0.3, -0.25) is 19.3 Å². The average molecular weight is 480 g/mol. The molecule has 4 aromatic rings. The highest BCUT2D eigenvalue weighted by Crippen LogP contribution is 2.31. The Hall–Kier alpha value is -4.41. The van der Waals surface area contributed by atoms with E-state index in [9.17, 15) is 18.4 Å². The Morgan fingerprint density at radius 1 is 1.14 bits per heavy atom. The molecule has 0 aliphatic rings. The van der Waals surface area contributed by atoms with Gasteiger partial charge in [-0.15, -0.1) is 0 Å². The van der Waals surface area contributed by atoms with E-state index in [4.69, 9.17) is 4.52 Å². The summed E-state index contributed by atoms with van der Waals surface area (Å²) in [4.78, 5) is 28.6. The number of benzene rings is 1. The molecule has 1 aromatic carbocycles. The van der Waals surface area contributed by atoms with Crippen molar-refractivity contribution in [3.8, 4) is 11.3 Å². The largest absolute Gasteiger partial charge is 0.355 e. The van der Waals surface area contributed by atoms with Gasteiger partial charge in [0.25, 0.3) is 5.91 Å². The lowest BCUT2D eigenvalue weighted by Gasteiger charge is -2.28. The number of anilines is 1. The number of carbonyl (C=O) groups excluding carboxylic acids is 2. The highest BCUT2D eigenvalue weighted by Gasteiger charge is 2.33. The van der Waals surface area contributed by atoms with Crippen LogP contribution in [0, 0.1) is 11.6 Å². The van der Waals surface area contributed by atoms with Crippen molar-refractivity contribution >= 4 is 17.5 Å². The van der Waals surface area contributed by atoms with E-state index in [0.717, 1.165) is 17.7 Å². The highest BCUT2D eigenvalue weighted by atomic mass is 19.1. The molecule has 1 atom stereocenters. The molecule has 0 radical (unpaired) electrons. The molecule has 0 fully saturated rings. The monoisotopic (exact) mass is 480 g/mol. The van der Waals surface area contributed by atoms with Crippen LogP contribution in [-0.2, 0) is 17.3 Å². The molecule has 9 nitrogen and oxygen atoms in total. The summed E-state index contributed by atoms with van der Waals surface area (Å²) < 4.78 is 34.0. The summed E-state index contributed by atoms with van der Waals surface area (Å²) in [6.45, 7) is 3.42. The van der Waals surface area contributed by atoms with Crippen molar-refractivity contribution < 1.29 is 22.9 Å². The van der Waals surface area contributed by atoms with Crippen LogP contribution in [-0.4, -0.2) is 38.3 Å². The van der Waals surface area contributed by atoms with Crippen molar-refractivity contribution in [2.45, 2.75) is 19.3 Å². The Balaban J connectivity index is 1.56. The molecule has 0 aliphatic heterocycles. The Morgan fingerprint density at radius 3 is 2.57 bits per heavy atom. The van der Waals surface area contributed by atoms with E-state index >= 15 is 0 Å². The molecule has 35 heavy (non-hydrogen) atoms. The van der Waals surface area contributed by atoms with Gasteiger partial charge < -0.3 is 15.2 Å². The minimum Gasteiger partial charge on any atom is -0.355 e. The number of nitrogens with zero attached hydrogens (tertiary/aromatic N) is 4. The SMILES string of the molecule is CC(=O)Nc1ccc(C(C)(CNC(=O)c2cc(-c3ccc(F)cc3F)on2)c2cnn(C)c2)nc1. The number of aromatic nitrogens is 4. The van der Waals surface area contributed by atoms with Gasteiger partial charge in [0, 0.05) is 44.4 Å². The number of halogens is 2. The standard InChI is InChI=1S/C24H22F2N6O3/c1-14(33)30-17-5-7-22(27-11-17)24(2,15-10-29-32(3)12-15)13-28-23(34)20-9-21(35-31-20)18-6-4-16(25)8-19(18)26/h4-12H,13H2,1-3H3,(H,28,34)(H,30,33). The van der Waals surface area contributed by atoms with Crippen molar-refractivity contribution in [3.63, 3.8) is 0 Å². The second kappa shape index (κ2) is 9.45. The summed E-state index contributed by atoms with van der Waals surface area (Å²) in [6, 6.07) is 7.79. The van der Waals surface area contributed by atoms with Crippen molar-refractivity contribution in [2.75, 3.05) is 11.9 Å². The number of carbonyl (C=O) groups is 2. The number of amides is 2. The molecule has 0 saturated carbocycles. The van der Waals surface area contributed by atoms with Crippen LogP contribution in [0.4, 0.5) is 14.5 Å². The summed E-state index contributed by atoms with van der Waals surface area (Å²) in [5.74, 6) is -2.32. The van der Waals surface area contributed by atoms with Crippen LogP contribution < -0.4 is 10.6 Å². The van der Waals surface area contributed by atoms with Crippen LogP contribution in [0.2, 0.25) is 0 Å². The van der Waals surface area contributed by atoms with Gasteiger partial charge in [-0.2, -0.15) is 5.10 Å². The maximum Gasteiger partial charge on any atom is 0.273 e. The average Bonchev–Trinajstić information content (AvgIpc) is 3.47. The van der Waals surface area contributed by atoms with E-state index in [1.54, 1.807) is 30.1 Å². The van der Waals surface area contributed by atoms with E-state index in [1.165, 1.54) is 25.3 Å². The first-order chi connectivity index (χ1) is 16.7. The maximum atomic E-state index is 14.1. The predicted molar refractivity (Wildman–Crippen MR) is 122 cm³/mol. The Labute approximate surface area is 199 Å². The molecule has 11 heteroatoms. The van der Waals surface area contributed by atoms with Crippen molar-refractivity contribution in [1.29, 1.82) is 0 Å². The second-order valence-electron chi connectivity index (χ2n) is 8.23. The summed E-state index contributed by atoms with van der Waals surface area (Å²) in [7, 11) is 1.78. The summed E-state index contributed by atoms with van der Waals surface area (Å²) >= 11 is 0. The number of hydrogen-bond acceptors (Lipinski definition) is 6. The molecule has 3 heterocycles. The molecule has 180 valence electrons. The molecule has 0 bridgehead atoms. The third kappa shape index (κ3) is 5.08. The first-order valence-corrected chi connectivity index (χ1v) is 10.6. The normalized spacial score (nSPS) is 12.7. The molecular weight excluding hydrogens is 458 g/mol. The number of aryl methyl sites for hydroxylation is 1. The minimum absolute atomic E-state index is 0.00195. The van der Waals surface area contributed by atoms with Gasteiger partial charge in [0.15, 0.2) is 11.5 Å². The summed E-state index contributed by atoms with van der Waals surface area (Å²) in [5, 5.41) is 13.4. The van der Waals surface area contributed by atoms with E-state index in [0.29, 0.717) is 11.4 Å². The number of rotatable bonds is 7. The van der Waals surface area contributed by atoms with Gasteiger partial charge in [-0.25, -0.2) is 8.78 Å². The molecule has 1 unspecified atom stereocenters. The fourth-order valence-corrected chi connectivity index (χ4v) is 3.59. The van der Waals surface area contributed by atoms with Crippen molar-refractivity contribution in [1.82, 2.24) is 25.2 Å². The molecule has 0 saturated heterocycles. The van der Waals surface area contributed by atoms with Crippen LogP contribution in [0.5, 0.6) is 0 Å². The van der Waals surface area contributed by atoms with E-state index in [-0.39, 0.29) is 29.5 Å². The quantitative estimate of drug-likeness (QED) is 0.419. The maximum absolute atomic E-state index is 14.1. The van der Waals surface area contributed by atoms with Gasteiger partial charge in [0.2, 0.25) is 5.91 Å². The molecule has 0 aliphatic carbocycles. The first-order valence-electron chi connectivity index (χ1n) is 10.6. The number of nitrogens with one attached hydrogen (secondary N) is 2. The third-order valence-electron chi connectivity index (χ3n) is 5.53. The smallest absolute Gasteiger partial charge is 0.273 e. The van der Waals surface area contributed by atoms with E-state index in [1.807, 2.05) is 13.1 Å². The molecular formula is C24H22F2N6O3. The number of pyridine rings is 1. The highest BCUT2D eigenvalue weighted by molar-refractivity contribution is 5.93. The van der Waals surface area contributed by atoms with Crippen molar-refractivity contribution in [2.24, 2.45) is 7.05 Å². The lowest BCUT2D eigenvalue weighted by atomic mass is 9.80. The number of hydrogen-bond donors (Lipinski definition) is 2. The Kier molecular flexibility index (Phi) is 6.41. The lowest BCUT2D eigenvalue weighted by molar-refractivity contribution is -0.114. The Bertz CT molecular complexity index is 1380. The molecule has 4 rings (SSSR count). The Morgan fingerprint density at radius 2 is 1.94 bits per heavy atom. The van der Waals surface area contributed by atoms with Crippen LogP contribution in [0.15, 0.2) is 59.5 Å². The molecule has 3 aromatic heterocycles. The fraction of sp³-hybridized carbons (Fsp3) is 0.208. The predicted octanol–water partition coefficient (Wildman–Crippen LogP) is 3.44. The van der Waals surface area contributed by atoms with Gasteiger partial charge in [-0.05, 0) is 31.2 Å². The third-order valence-corrected chi connectivity index (χ3v) is 5.53. The van der Waals surface area contributed by atoms with Crippen LogP contribution in [0.3, 0.4) is 0 Å². The first kappa shape index (κ1) is 23.7. The zero-order chi connectivity index (χ0) is 25.2. The zero-order valence-electron chi connectivity index (χ0n) is 19.2. The summed E-state index contributed by atoms with van der Waals surface area (Å²) in [6.07, 6.45) is 5.04. The molecule has 0 spiro atoms. The van der Waals surface area contributed by atoms with Crippen LogP contribution >= 0.6 is 0 Å². The van der Waals surface area contributed by atoms with Gasteiger partial charge >= 0.3 is 0 Å². The summed E-state index contributed by atoms with van der Waals surface area (Å²) in [5.41, 5.74) is 1.12. The van der Waals surface area contributed by atoms with Crippen LogP contribution in [0.1, 0.15) is 35.6 Å². The van der Waals surface area contributed by atoms with E-state index in [2.05, 4.69) is 25.9 Å². The second-order valence-corrected chi connectivity index (χ2v) is 8.23. The van der Waals surface area contributed by atoms with Crippen molar-refractivity contribution in [3.05, 3.63) is 83.6 Å². The van der Waals surface area contributed by atoms with E-state index < -0.39 is 23.0 Å². The topological polar surface area (TPSA) is 115 Å². The van der Waals surface area contributed by atoms with Crippen LogP contribution in [0.25, 0.3) is 11.3 Å². The van der Waals surface area contributed by atoms with Gasteiger partial charge in [0.05, 0.1) is 34.8 Å².